The highest BCUT2D eigenvalue weighted by atomic mass is 16.5. The molecular weight excluding hydrogens is 262 g/mol. The van der Waals surface area contributed by atoms with Crippen LogP contribution in [-0.2, 0) is 10.5 Å². The first-order chi connectivity index (χ1) is 9.44. The normalized spacial score (nSPS) is 21.2. The van der Waals surface area contributed by atoms with Crippen molar-refractivity contribution in [3.63, 3.8) is 0 Å². The minimum atomic E-state index is -1.20. The number of fused-ring (bicyclic) bond motifs is 1. The topological polar surface area (TPSA) is 88.8 Å². The van der Waals surface area contributed by atoms with Crippen molar-refractivity contribution < 1.29 is 19.1 Å². The van der Waals surface area contributed by atoms with Crippen LogP contribution in [0.3, 0.4) is 0 Å². The fourth-order valence-corrected chi connectivity index (χ4v) is 2.03. The lowest BCUT2D eigenvalue weighted by atomic mass is 10.1. The number of unbranched alkanes of at least 4 members (excludes halogenated alkanes) is 1. The van der Waals surface area contributed by atoms with Crippen LogP contribution in [0.15, 0.2) is 15.3 Å². The highest BCUT2D eigenvalue weighted by Gasteiger charge is 2.45. The van der Waals surface area contributed by atoms with E-state index in [0.717, 1.165) is 12.8 Å². The van der Waals surface area contributed by atoms with Gasteiger partial charge in [-0.2, -0.15) is 0 Å². The molecular formula is C14H17NO5. The van der Waals surface area contributed by atoms with Crippen LogP contribution in [0.1, 0.15) is 48.6 Å². The maximum atomic E-state index is 12.1. The number of rotatable bonds is 4. The number of methoxy groups -OCH3 is 1. The minimum absolute atomic E-state index is 0.0296. The van der Waals surface area contributed by atoms with Gasteiger partial charge in [0.15, 0.2) is 17.2 Å². The van der Waals surface area contributed by atoms with E-state index in [9.17, 15) is 14.7 Å². The fraction of sp³-hybridized carbons (Fsp3) is 0.429. The van der Waals surface area contributed by atoms with Crippen LogP contribution in [0.2, 0.25) is 0 Å². The third kappa shape index (κ3) is 2.12. The molecule has 6 heteroatoms. The van der Waals surface area contributed by atoms with E-state index >= 15 is 0 Å². The van der Waals surface area contributed by atoms with Gasteiger partial charge in [-0.3, -0.25) is 9.59 Å². The number of aromatic hydroxyl groups is 1. The van der Waals surface area contributed by atoms with Gasteiger partial charge in [0.25, 0.3) is 5.91 Å². The molecule has 1 unspecified atom stereocenters. The number of hydrogen-bond donors (Lipinski definition) is 2. The van der Waals surface area contributed by atoms with E-state index in [1.165, 1.54) is 13.2 Å². The lowest BCUT2D eigenvalue weighted by molar-refractivity contribution is -0.0313. The Balaban J connectivity index is 2.61. The van der Waals surface area contributed by atoms with E-state index in [1.54, 1.807) is 13.0 Å². The Bertz CT molecular complexity index is 631. The predicted molar refractivity (Wildman–Crippen MR) is 72.4 cm³/mol. The molecule has 20 heavy (non-hydrogen) atoms. The lowest BCUT2D eigenvalue weighted by Crippen LogP contribution is -2.37. The van der Waals surface area contributed by atoms with Gasteiger partial charge in [-0.25, -0.2) is 0 Å². The molecule has 1 aromatic heterocycles. The molecule has 0 fully saturated rings. The van der Waals surface area contributed by atoms with Crippen LogP contribution in [0.25, 0.3) is 6.08 Å². The number of carbonyl (C=O) groups excluding carboxylic acids is 1. The van der Waals surface area contributed by atoms with E-state index < -0.39 is 22.8 Å². The smallest absolute Gasteiger partial charge is 0.261 e. The van der Waals surface area contributed by atoms with E-state index in [-0.39, 0.29) is 17.1 Å². The number of carbonyl (C=O) groups is 1. The molecule has 6 nitrogen and oxygen atoms in total. The first-order valence-electron chi connectivity index (χ1n) is 6.39. The standard InChI is InChI=1S/C14H17NO5/c1-4-5-6-7-8-10(16)11(17)9-12(20-8)14(2,19-3)15-13(9)18/h6-7,16H,4-5H2,1-3H3,(H,15,18)/b7-6+. The summed E-state index contributed by atoms with van der Waals surface area (Å²) in [4.78, 5) is 23.9. The van der Waals surface area contributed by atoms with Gasteiger partial charge < -0.3 is 19.6 Å². The Morgan fingerprint density at radius 3 is 2.75 bits per heavy atom. The first kappa shape index (κ1) is 14.3. The van der Waals surface area contributed by atoms with Gasteiger partial charge in [0.1, 0.15) is 5.56 Å². The predicted octanol–water partition coefficient (Wildman–Crippen LogP) is 1.72. The zero-order valence-electron chi connectivity index (χ0n) is 11.6. The zero-order chi connectivity index (χ0) is 14.9. The average Bonchev–Trinajstić information content (AvgIpc) is 2.67. The maximum absolute atomic E-state index is 12.1. The second kappa shape index (κ2) is 5.13. The third-order valence-corrected chi connectivity index (χ3v) is 3.26. The Kier molecular flexibility index (Phi) is 3.67. The summed E-state index contributed by atoms with van der Waals surface area (Å²) >= 11 is 0. The second-order valence-corrected chi connectivity index (χ2v) is 4.73. The highest BCUT2D eigenvalue weighted by molar-refractivity contribution is 5.99. The number of ether oxygens (including phenoxy) is 1. The van der Waals surface area contributed by atoms with Crippen molar-refractivity contribution in [1.82, 2.24) is 5.32 Å². The molecule has 0 radical (unpaired) electrons. The third-order valence-electron chi connectivity index (χ3n) is 3.26. The van der Waals surface area contributed by atoms with Crippen LogP contribution in [0.5, 0.6) is 5.75 Å². The molecule has 2 heterocycles. The quantitative estimate of drug-likeness (QED) is 0.876. The molecule has 1 aliphatic heterocycles. The number of allylic oxidation sites excluding steroid dienone is 1. The van der Waals surface area contributed by atoms with Gasteiger partial charge in [0.2, 0.25) is 11.2 Å². The average molecular weight is 279 g/mol. The Labute approximate surface area is 116 Å². The number of amides is 1. The molecule has 0 saturated carbocycles. The lowest BCUT2D eigenvalue weighted by Gasteiger charge is -2.21. The minimum Gasteiger partial charge on any atom is -0.502 e. The van der Waals surface area contributed by atoms with Gasteiger partial charge in [-0.1, -0.05) is 19.4 Å². The molecule has 1 atom stereocenters. The van der Waals surface area contributed by atoms with Gasteiger partial charge in [-0.05, 0) is 19.4 Å². The molecule has 108 valence electrons. The molecule has 2 N–H and O–H groups in total. The molecule has 0 aliphatic carbocycles. The summed E-state index contributed by atoms with van der Waals surface area (Å²) < 4.78 is 10.7. The zero-order valence-corrected chi connectivity index (χ0v) is 11.6. The SMILES string of the molecule is CCC/C=C/c1oc2c(c(=O)c1O)C(=O)NC2(C)OC. The van der Waals surface area contributed by atoms with Crippen molar-refractivity contribution in [2.45, 2.75) is 32.4 Å². The van der Waals surface area contributed by atoms with Crippen molar-refractivity contribution in [1.29, 1.82) is 0 Å². The van der Waals surface area contributed by atoms with Crippen molar-refractivity contribution in [3.05, 3.63) is 33.4 Å². The number of hydrogen-bond acceptors (Lipinski definition) is 5. The van der Waals surface area contributed by atoms with Gasteiger partial charge in [0.05, 0.1) is 0 Å². The van der Waals surface area contributed by atoms with Crippen molar-refractivity contribution in [2.75, 3.05) is 7.11 Å². The summed E-state index contributed by atoms with van der Waals surface area (Å²) in [6.07, 6.45) is 5.04. The van der Waals surface area contributed by atoms with E-state index in [2.05, 4.69) is 5.32 Å². The van der Waals surface area contributed by atoms with E-state index in [0.29, 0.717) is 0 Å². The van der Waals surface area contributed by atoms with Gasteiger partial charge in [-0.15, -0.1) is 0 Å². The fourth-order valence-electron chi connectivity index (χ4n) is 2.03. The molecule has 0 spiro atoms. The molecule has 1 aromatic rings. The molecule has 2 rings (SSSR count). The largest absolute Gasteiger partial charge is 0.502 e. The van der Waals surface area contributed by atoms with Gasteiger partial charge in [0, 0.05) is 7.11 Å². The second-order valence-electron chi connectivity index (χ2n) is 4.73. The molecule has 1 aliphatic rings. The Morgan fingerprint density at radius 1 is 1.45 bits per heavy atom. The van der Waals surface area contributed by atoms with Crippen molar-refractivity contribution in [2.24, 2.45) is 0 Å². The number of nitrogens with one attached hydrogen (secondary N) is 1. The summed E-state index contributed by atoms with van der Waals surface area (Å²) in [7, 11) is 1.40. The summed E-state index contributed by atoms with van der Waals surface area (Å²) in [6, 6.07) is 0. The van der Waals surface area contributed by atoms with E-state index in [1.807, 2.05) is 6.92 Å². The van der Waals surface area contributed by atoms with E-state index in [4.69, 9.17) is 9.15 Å². The molecule has 1 amide bonds. The summed E-state index contributed by atoms with van der Waals surface area (Å²) in [6.45, 7) is 3.59. The van der Waals surface area contributed by atoms with Crippen LogP contribution in [-0.4, -0.2) is 18.1 Å². The van der Waals surface area contributed by atoms with Crippen LogP contribution in [0, 0.1) is 0 Å². The van der Waals surface area contributed by atoms with Crippen LogP contribution < -0.4 is 10.7 Å². The molecule has 0 saturated heterocycles. The van der Waals surface area contributed by atoms with Crippen molar-refractivity contribution in [3.8, 4) is 5.75 Å². The Hall–Kier alpha value is -2.08. The van der Waals surface area contributed by atoms with Crippen molar-refractivity contribution >= 4 is 12.0 Å². The highest BCUT2D eigenvalue weighted by Crippen LogP contribution is 2.33. The summed E-state index contributed by atoms with van der Waals surface area (Å²) in [5.41, 5.74) is -2.16. The summed E-state index contributed by atoms with van der Waals surface area (Å²) in [5, 5.41) is 12.4. The molecule has 0 aromatic carbocycles. The Morgan fingerprint density at radius 2 is 2.15 bits per heavy atom. The molecule has 0 bridgehead atoms. The van der Waals surface area contributed by atoms with Crippen LogP contribution >= 0.6 is 0 Å². The first-order valence-corrected chi connectivity index (χ1v) is 6.39. The monoisotopic (exact) mass is 279 g/mol. The maximum Gasteiger partial charge on any atom is 0.261 e. The van der Waals surface area contributed by atoms with Crippen LogP contribution in [0.4, 0.5) is 0 Å². The summed E-state index contributed by atoms with van der Waals surface area (Å²) in [5.74, 6) is -1.06. The van der Waals surface area contributed by atoms with Gasteiger partial charge >= 0.3 is 0 Å².